The van der Waals surface area contributed by atoms with Crippen molar-refractivity contribution < 1.29 is 4.74 Å². The van der Waals surface area contributed by atoms with Gasteiger partial charge in [-0.1, -0.05) is 18.2 Å². The zero-order valence-electron chi connectivity index (χ0n) is 7.84. The van der Waals surface area contributed by atoms with Crippen molar-refractivity contribution >= 4 is 5.57 Å². The topological polar surface area (TPSA) is 63.7 Å². The van der Waals surface area contributed by atoms with Crippen LogP contribution < -0.4 is 4.74 Å². The number of fused-ring (bicyclic) bond motifs is 1. The van der Waals surface area contributed by atoms with Gasteiger partial charge in [0.25, 0.3) is 0 Å². The van der Waals surface area contributed by atoms with Crippen molar-refractivity contribution in [2.24, 2.45) is 0 Å². The molecule has 1 aromatic carbocycles. The van der Waals surface area contributed by atoms with Gasteiger partial charge in [-0.15, -0.1) is 10.2 Å². The Morgan fingerprint density at radius 3 is 3.07 bits per heavy atom. The predicted molar refractivity (Wildman–Crippen MR) is 52.9 cm³/mol. The monoisotopic (exact) mass is 200 g/mol. The summed E-state index contributed by atoms with van der Waals surface area (Å²) in [6.45, 7) is 0. The van der Waals surface area contributed by atoms with Gasteiger partial charge in [0.05, 0.1) is 6.26 Å². The number of aromatic amines is 1. The van der Waals surface area contributed by atoms with E-state index < -0.39 is 0 Å². The summed E-state index contributed by atoms with van der Waals surface area (Å²) in [5, 5.41) is 13.8. The summed E-state index contributed by atoms with van der Waals surface area (Å²) in [7, 11) is 0. The van der Waals surface area contributed by atoms with Crippen molar-refractivity contribution in [3.63, 3.8) is 0 Å². The highest BCUT2D eigenvalue weighted by Gasteiger charge is 2.15. The van der Waals surface area contributed by atoms with Crippen molar-refractivity contribution in [1.82, 2.24) is 20.6 Å². The van der Waals surface area contributed by atoms with Gasteiger partial charge in [-0.3, -0.25) is 0 Å². The number of H-pyrrole nitrogens is 1. The fourth-order valence-electron chi connectivity index (χ4n) is 1.58. The highest BCUT2D eigenvalue weighted by atomic mass is 16.5. The number of nitrogens with zero attached hydrogens (tertiary/aromatic N) is 3. The van der Waals surface area contributed by atoms with Gasteiger partial charge in [0.15, 0.2) is 0 Å². The number of aromatic nitrogens is 4. The second kappa shape index (κ2) is 3.20. The fourth-order valence-corrected chi connectivity index (χ4v) is 1.58. The van der Waals surface area contributed by atoms with Gasteiger partial charge >= 0.3 is 0 Å². The molecule has 0 aliphatic carbocycles. The zero-order chi connectivity index (χ0) is 10.1. The Bertz CT molecular complexity index is 504. The first-order valence-corrected chi connectivity index (χ1v) is 4.61. The van der Waals surface area contributed by atoms with Gasteiger partial charge in [-0.05, 0) is 16.8 Å². The summed E-state index contributed by atoms with van der Waals surface area (Å²) in [6, 6.07) is 7.91. The second-order valence-corrected chi connectivity index (χ2v) is 3.28. The number of nitrogens with one attached hydrogen (secondary N) is 1. The third kappa shape index (κ3) is 1.38. The molecule has 0 saturated heterocycles. The summed E-state index contributed by atoms with van der Waals surface area (Å²) in [4.78, 5) is 0. The number of ether oxygens (including phenoxy) is 1. The van der Waals surface area contributed by atoms with Crippen LogP contribution in [0.25, 0.3) is 5.57 Å². The van der Waals surface area contributed by atoms with Crippen LogP contribution in [0.1, 0.15) is 11.4 Å². The molecule has 1 N–H and O–H groups in total. The van der Waals surface area contributed by atoms with E-state index in [1.807, 2.05) is 24.3 Å². The first-order chi connectivity index (χ1) is 7.43. The molecule has 3 rings (SSSR count). The Hall–Kier alpha value is -2.17. The van der Waals surface area contributed by atoms with E-state index in [2.05, 4.69) is 20.6 Å². The molecule has 5 nitrogen and oxygen atoms in total. The van der Waals surface area contributed by atoms with E-state index in [0.717, 1.165) is 23.3 Å². The van der Waals surface area contributed by atoms with Gasteiger partial charge in [0.1, 0.15) is 5.75 Å². The van der Waals surface area contributed by atoms with E-state index in [9.17, 15) is 0 Å². The zero-order valence-corrected chi connectivity index (χ0v) is 7.84. The standard InChI is InChI=1S/C10H8N4O/c1-2-4-9-7(3-1)5-8(6-15-9)10-11-13-14-12-10/h1-4,6H,5H2,(H,11,12,13,14). The van der Waals surface area contributed by atoms with Crippen LogP contribution >= 0.6 is 0 Å². The molecule has 0 saturated carbocycles. The molecule has 0 atom stereocenters. The van der Waals surface area contributed by atoms with Crippen LogP contribution in [-0.4, -0.2) is 20.6 Å². The largest absolute Gasteiger partial charge is 0.464 e. The molecule has 1 aromatic heterocycles. The molecule has 74 valence electrons. The van der Waals surface area contributed by atoms with E-state index in [1.165, 1.54) is 0 Å². The number of allylic oxidation sites excluding steroid dienone is 1. The minimum absolute atomic E-state index is 0.588. The van der Waals surface area contributed by atoms with Gasteiger partial charge in [-0.25, -0.2) is 0 Å². The molecule has 0 fully saturated rings. The first-order valence-electron chi connectivity index (χ1n) is 4.61. The lowest BCUT2D eigenvalue weighted by atomic mass is 10.0. The summed E-state index contributed by atoms with van der Waals surface area (Å²) in [6.07, 6.45) is 2.45. The minimum atomic E-state index is 0.588. The lowest BCUT2D eigenvalue weighted by Gasteiger charge is -2.14. The predicted octanol–water partition coefficient (Wildman–Crippen LogP) is 1.18. The fraction of sp³-hybridized carbons (Fsp3) is 0.100. The van der Waals surface area contributed by atoms with Crippen LogP contribution in [-0.2, 0) is 6.42 Å². The molecular formula is C10H8N4O. The van der Waals surface area contributed by atoms with Crippen molar-refractivity contribution in [2.45, 2.75) is 6.42 Å². The molecule has 0 unspecified atom stereocenters. The molecular weight excluding hydrogens is 192 g/mol. The summed E-state index contributed by atoms with van der Waals surface area (Å²) >= 11 is 0. The SMILES string of the molecule is C1=C(c2nn[nH]n2)Cc2ccccc2O1. The molecule has 2 aromatic rings. The molecule has 0 amide bonds. The average Bonchev–Trinajstić information content (AvgIpc) is 2.82. The molecule has 2 heterocycles. The van der Waals surface area contributed by atoms with E-state index in [0.29, 0.717) is 5.82 Å². The van der Waals surface area contributed by atoms with Gasteiger partial charge in [-0.2, -0.15) is 5.21 Å². The molecule has 0 spiro atoms. The van der Waals surface area contributed by atoms with Gasteiger partial charge < -0.3 is 4.74 Å². The quantitative estimate of drug-likeness (QED) is 0.750. The first kappa shape index (κ1) is 8.16. The van der Waals surface area contributed by atoms with Crippen LogP contribution in [0.2, 0.25) is 0 Å². The Morgan fingerprint density at radius 1 is 1.27 bits per heavy atom. The van der Waals surface area contributed by atoms with Crippen molar-refractivity contribution in [1.29, 1.82) is 0 Å². The van der Waals surface area contributed by atoms with Crippen molar-refractivity contribution in [2.75, 3.05) is 0 Å². The lowest BCUT2D eigenvalue weighted by Crippen LogP contribution is -2.03. The maximum absolute atomic E-state index is 5.48. The Labute approximate surface area is 85.8 Å². The van der Waals surface area contributed by atoms with Crippen LogP contribution in [0.3, 0.4) is 0 Å². The highest BCUT2D eigenvalue weighted by molar-refractivity contribution is 5.64. The van der Waals surface area contributed by atoms with Crippen molar-refractivity contribution in [3.05, 3.63) is 41.9 Å². The van der Waals surface area contributed by atoms with E-state index in [4.69, 9.17) is 4.74 Å². The number of tetrazole rings is 1. The molecule has 0 bridgehead atoms. The molecule has 5 heteroatoms. The summed E-state index contributed by atoms with van der Waals surface area (Å²) in [5.74, 6) is 1.48. The van der Waals surface area contributed by atoms with Crippen LogP contribution in [0.15, 0.2) is 30.5 Å². The molecule has 15 heavy (non-hydrogen) atoms. The highest BCUT2D eigenvalue weighted by Crippen LogP contribution is 2.28. The Kier molecular flexibility index (Phi) is 1.74. The number of para-hydroxylation sites is 1. The van der Waals surface area contributed by atoms with Crippen molar-refractivity contribution in [3.8, 4) is 5.75 Å². The Balaban J connectivity index is 1.96. The van der Waals surface area contributed by atoms with E-state index >= 15 is 0 Å². The van der Waals surface area contributed by atoms with Crippen LogP contribution in [0.5, 0.6) is 5.75 Å². The van der Waals surface area contributed by atoms with Crippen LogP contribution in [0, 0.1) is 0 Å². The lowest BCUT2D eigenvalue weighted by molar-refractivity contribution is 0.468. The molecule has 1 aliphatic heterocycles. The van der Waals surface area contributed by atoms with E-state index in [-0.39, 0.29) is 0 Å². The summed E-state index contributed by atoms with van der Waals surface area (Å²) < 4.78 is 5.48. The normalized spacial score (nSPS) is 14.0. The number of hydrogen-bond acceptors (Lipinski definition) is 4. The number of hydrogen-bond donors (Lipinski definition) is 1. The Morgan fingerprint density at radius 2 is 2.20 bits per heavy atom. The number of rotatable bonds is 1. The van der Waals surface area contributed by atoms with E-state index in [1.54, 1.807) is 6.26 Å². The maximum Gasteiger partial charge on any atom is 0.204 e. The third-order valence-electron chi connectivity index (χ3n) is 2.31. The molecule has 1 aliphatic rings. The number of benzene rings is 1. The van der Waals surface area contributed by atoms with Gasteiger partial charge in [0.2, 0.25) is 5.82 Å². The average molecular weight is 200 g/mol. The van der Waals surface area contributed by atoms with Gasteiger partial charge in [0, 0.05) is 12.0 Å². The van der Waals surface area contributed by atoms with Crippen LogP contribution in [0.4, 0.5) is 0 Å². The minimum Gasteiger partial charge on any atom is -0.464 e. The maximum atomic E-state index is 5.48. The molecule has 0 radical (unpaired) electrons. The smallest absolute Gasteiger partial charge is 0.204 e. The second-order valence-electron chi connectivity index (χ2n) is 3.28. The summed E-state index contributed by atoms with van der Waals surface area (Å²) in [5.41, 5.74) is 2.07. The third-order valence-corrected chi connectivity index (χ3v) is 2.31.